The molecule has 0 spiro atoms. The molecule has 1 amide bonds. The molecule has 22 heavy (non-hydrogen) atoms. The molecule has 0 atom stereocenters. The molecule has 5 heteroatoms. The quantitative estimate of drug-likeness (QED) is 0.774. The molecule has 2 heterocycles. The minimum atomic E-state index is -0.246. The second-order valence-corrected chi connectivity index (χ2v) is 5.83. The summed E-state index contributed by atoms with van der Waals surface area (Å²) in [4.78, 5) is 15.3. The maximum Gasteiger partial charge on any atom is 0.290 e. The van der Waals surface area contributed by atoms with Gasteiger partial charge in [0.15, 0.2) is 0 Å². The Morgan fingerprint density at radius 1 is 1.32 bits per heavy atom. The largest absolute Gasteiger partial charge is 0.359 e. The van der Waals surface area contributed by atoms with E-state index in [2.05, 4.69) is 27.6 Å². The van der Waals surface area contributed by atoms with E-state index >= 15 is 0 Å². The molecule has 114 valence electrons. The molecule has 0 aliphatic carbocycles. The van der Waals surface area contributed by atoms with Crippen molar-refractivity contribution in [3.05, 3.63) is 53.0 Å². The van der Waals surface area contributed by atoms with E-state index in [1.165, 1.54) is 0 Å². The third kappa shape index (κ3) is 2.88. The number of carbonyl (C=O) groups excluding carboxylic acids is 1. The van der Waals surface area contributed by atoms with Crippen LogP contribution in [0.1, 0.15) is 47.3 Å². The smallest absolute Gasteiger partial charge is 0.290 e. The molecule has 2 aromatic heterocycles. The van der Waals surface area contributed by atoms with E-state index in [1.807, 2.05) is 32.9 Å². The number of aromatic amines is 1. The van der Waals surface area contributed by atoms with Crippen LogP contribution in [0.5, 0.6) is 0 Å². The zero-order valence-corrected chi connectivity index (χ0v) is 12.9. The third-order valence-corrected chi connectivity index (χ3v) is 3.62. The van der Waals surface area contributed by atoms with Gasteiger partial charge in [0, 0.05) is 23.8 Å². The molecule has 0 saturated carbocycles. The number of amides is 1. The second-order valence-electron chi connectivity index (χ2n) is 5.83. The molecule has 1 aromatic carbocycles. The van der Waals surface area contributed by atoms with E-state index in [-0.39, 0.29) is 17.6 Å². The van der Waals surface area contributed by atoms with Gasteiger partial charge in [-0.05, 0) is 42.0 Å². The topological polar surface area (TPSA) is 70.9 Å². The standard InChI is InChI=1S/C17H19N3O2/c1-10(2)15-8-16(22-20-15)17(21)18-9-12-4-5-14-13(7-12)6-11(3)19-14/h4-8,10,19H,9H2,1-3H3,(H,18,21). The normalized spacial score (nSPS) is 11.3. The number of nitrogens with one attached hydrogen (secondary N) is 2. The predicted molar refractivity (Wildman–Crippen MR) is 84.8 cm³/mol. The van der Waals surface area contributed by atoms with Crippen LogP contribution in [0.15, 0.2) is 34.9 Å². The first kappa shape index (κ1) is 14.4. The summed E-state index contributed by atoms with van der Waals surface area (Å²) in [6.07, 6.45) is 0. The summed E-state index contributed by atoms with van der Waals surface area (Å²) in [5.41, 5.74) is 4.06. The highest BCUT2D eigenvalue weighted by Gasteiger charge is 2.14. The molecule has 0 aliphatic heterocycles. The highest BCUT2D eigenvalue weighted by molar-refractivity contribution is 5.91. The fraction of sp³-hybridized carbons (Fsp3) is 0.294. The lowest BCUT2D eigenvalue weighted by Gasteiger charge is -2.03. The summed E-state index contributed by atoms with van der Waals surface area (Å²) >= 11 is 0. The van der Waals surface area contributed by atoms with Crippen molar-refractivity contribution < 1.29 is 9.32 Å². The third-order valence-electron chi connectivity index (χ3n) is 3.62. The van der Waals surface area contributed by atoms with Gasteiger partial charge in [-0.3, -0.25) is 4.79 Å². The van der Waals surface area contributed by atoms with E-state index < -0.39 is 0 Å². The number of aromatic nitrogens is 2. The number of benzene rings is 1. The minimum absolute atomic E-state index is 0.240. The Bertz CT molecular complexity index is 814. The van der Waals surface area contributed by atoms with Gasteiger partial charge in [0.05, 0.1) is 5.69 Å². The van der Waals surface area contributed by atoms with Crippen molar-refractivity contribution in [1.29, 1.82) is 0 Å². The average molecular weight is 297 g/mol. The maximum absolute atomic E-state index is 12.1. The average Bonchev–Trinajstić information content (AvgIpc) is 3.09. The summed E-state index contributed by atoms with van der Waals surface area (Å²) in [5.74, 6) is 0.247. The first-order valence-corrected chi connectivity index (χ1v) is 7.36. The predicted octanol–water partition coefficient (Wildman–Crippen LogP) is 3.52. The Hall–Kier alpha value is -2.56. The summed E-state index contributed by atoms with van der Waals surface area (Å²) < 4.78 is 5.08. The number of nitrogens with zero attached hydrogens (tertiary/aromatic N) is 1. The van der Waals surface area contributed by atoms with Crippen molar-refractivity contribution in [1.82, 2.24) is 15.5 Å². The molecule has 0 saturated heterocycles. The number of carbonyl (C=O) groups is 1. The zero-order valence-electron chi connectivity index (χ0n) is 12.9. The summed E-state index contributed by atoms with van der Waals surface area (Å²) in [6, 6.07) is 9.87. The molecule has 5 nitrogen and oxygen atoms in total. The number of rotatable bonds is 4. The number of hydrogen-bond acceptors (Lipinski definition) is 3. The Morgan fingerprint density at radius 3 is 2.86 bits per heavy atom. The van der Waals surface area contributed by atoms with Crippen LogP contribution in [0.25, 0.3) is 10.9 Å². The lowest BCUT2D eigenvalue weighted by molar-refractivity contribution is 0.0914. The number of fused-ring (bicyclic) bond motifs is 1. The first-order valence-electron chi connectivity index (χ1n) is 7.36. The van der Waals surface area contributed by atoms with E-state index in [0.717, 1.165) is 27.9 Å². The monoisotopic (exact) mass is 297 g/mol. The van der Waals surface area contributed by atoms with Crippen LogP contribution in [0.2, 0.25) is 0 Å². The fourth-order valence-corrected chi connectivity index (χ4v) is 2.37. The highest BCUT2D eigenvalue weighted by Crippen LogP contribution is 2.17. The van der Waals surface area contributed by atoms with Crippen molar-refractivity contribution in [2.45, 2.75) is 33.2 Å². The van der Waals surface area contributed by atoms with Crippen molar-refractivity contribution in [3.63, 3.8) is 0 Å². The van der Waals surface area contributed by atoms with Crippen LogP contribution in [0.4, 0.5) is 0 Å². The van der Waals surface area contributed by atoms with Crippen LogP contribution in [0.3, 0.4) is 0 Å². The van der Waals surface area contributed by atoms with Gasteiger partial charge >= 0.3 is 0 Å². The SMILES string of the molecule is Cc1cc2cc(CNC(=O)c3cc(C(C)C)no3)ccc2[nH]1. The van der Waals surface area contributed by atoms with Crippen LogP contribution >= 0.6 is 0 Å². The van der Waals surface area contributed by atoms with E-state index in [4.69, 9.17) is 4.52 Å². The zero-order chi connectivity index (χ0) is 15.7. The summed E-state index contributed by atoms with van der Waals surface area (Å²) in [6.45, 7) is 6.50. The van der Waals surface area contributed by atoms with Crippen LogP contribution in [-0.4, -0.2) is 16.0 Å². The Balaban J connectivity index is 1.68. The molecular weight excluding hydrogens is 278 g/mol. The number of H-pyrrole nitrogens is 1. The lowest BCUT2D eigenvalue weighted by atomic mass is 10.1. The summed E-state index contributed by atoms with van der Waals surface area (Å²) in [5, 5.41) is 7.90. The molecule has 0 radical (unpaired) electrons. The number of aryl methyl sites for hydroxylation is 1. The molecule has 3 rings (SSSR count). The molecular formula is C17H19N3O2. The Kier molecular flexibility index (Phi) is 3.71. The van der Waals surface area contributed by atoms with Gasteiger partial charge in [-0.1, -0.05) is 25.1 Å². The van der Waals surface area contributed by atoms with Gasteiger partial charge in [0.2, 0.25) is 5.76 Å². The molecule has 0 fully saturated rings. The molecule has 0 unspecified atom stereocenters. The van der Waals surface area contributed by atoms with Gasteiger partial charge in [-0.15, -0.1) is 0 Å². The van der Waals surface area contributed by atoms with Crippen LogP contribution < -0.4 is 5.32 Å². The molecule has 0 bridgehead atoms. The van der Waals surface area contributed by atoms with E-state index in [0.29, 0.717) is 6.54 Å². The first-order chi connectivity index (χ1) is 10.5. The molecule has 3 aromatic rings. The fourth-order valence-electron chi connectivity index (χ4n) is 2.37. The second kappa shape index (κ2) is 5.67. The van der Waals surface area contributed by atoms with Gasteiger partial charge < -0.3 is 14.8 Å². The van der Waals surface area contributed by atoms with Gasteiger partial charge in [-0.2, -0.15) is 0 Å². The van der Waals surface area contributed by atoms with Crippen molar-refractivity contribution >= 4 is 16.8 Å². The van der Waals surface area contributed by atoms with E-state index in [9.17, 15) is 4.79 Å². The van der Waals surface area contributed by atoms with Gasteiger partial charge in [0.1, 0.15) is 0 Å². The number of hydrogen-bond donors (Lipinski definition) is 2. The van der Waals surface area contributed by atoms with Crippen molar-refractivity contribution in [2.75, 3.05) is 0 Å². The Morgan fingerprint density at radius 2 is 2.14 bits per heavy atom. The van der Waals surface area contributed by atoms with Crippen LogP contribution in [0, 0.1) is 6.92 Å². The maximum atomic E-state index is 12.1. The lowest BCUT2D eigenvalue weighted by Crippen LogP contribution is -2.22. The van der Waals surface area contributed by atoms with Crippen LogP contribution in [-0.2, 0) is 6.54 Å². The Labute approximate surface area is 128 Å². The minimum Gasteiger partial charge on any atom is -0.359 e. The van der Waals surface area contributed by atoms with Gasteiger partial charge in [-0.25, -0.2) is 0 Å². The molecule has 0 aliphatic rings. The van der Waals surface area contributed by atoms with Crippen molar-refractivity contribution in [3.8, 4) is 0 Å². The van der Waals surface area contributed by atoms with E-state index in [1.54, 1.807) is 6.07 Å². The van der Waals surface area contributed by atoms with Gasteiger partial charge in [0.25, 0.3) is 5.91 Å². The summed E-state index contributed by atoms with van der Waals surface area (Å²) in [7, 11) is 0. The highest BCUT2D eigenvalue weighted by atomic mass is 16.5. The molecule has 2 N–H and O–H groups in total. The van der Waals surface area contributed by atoms with Crippen molar-refractivity contribution in [2.24, 2.45) is 0 Å².